The lowest BCUT2D eigenvalue weighted by molar-refractivity contribution is 0.174. The zero-order valence-corrected chi connectivity index (χ0v) is 7.21. The third-order valence-electron chi connectivity index (χ3n) is 1.17. The number of aromatic nitrogens is 2. The van der Waals surface area contributed by atoms with Crippen molar-refractivity contribution in [1.29, 1.82) is 0 Å². The molecule has 0 aromatic carbocycles. The minimum atomic E-state index is -4.03. The maximum absolute atomic E-state index is 11.8. The van der Waals surface area contributed by atoms with Gasteiger partial charge in [0.25, 0.3) is 6.43 Å². The summed E-state index contributed by atoms with van der Waals surface area (Å²) in [5, 5.41) is -0.560. The van der Waals surface area contributed by atoms with Gasteiger partial charge in [0, 0.05) is 12.4 Å². The molecule has 0 saturated carbocycles. The molecular formula is C6H6F2N2O2S. The van der Waals surface area contributed by atoms with Crippen LogP contribution in [0, 0.1) is 0 Å². The summed E-state index contributed by atoms with van der Waals surface area (Å²) in [5.41, 5.74) is 0. The fraction of sp³-hybridized carbons (Fsp3) is 0.333. The molecule has 0 amide bonds. The van der Waals surface area contributed by atoms with Crippen molar-refractivity contribution in [1.82, 2.24) is 9.97 Å². The molecule has 0 aliphatic heterocycles. The molecule has 7 heteroatoms. The van der Waals surface area contributed by atoms with Gasteiger partial charge in [0.15, 0.2) is 0 Å². The zero-order chi connectivity index (χ0) is 9.90. The van der Waals surface area contributed by atoms with Crippen LogP contribution in [-0.4, -0.2) is 30.6 Å². The van der Waals surface area contributed by atoms with Crippen LogP contribution in [0.4, 0.5) is 8.78 Å². The van der Waals surface area contributed by atoms with Gasteiger partial charge in [0.1, 0.15) is 5.75 Å². The molecule has 72 valence electrons. The van der Waals surface area contributed by atoms with Crippen molar-refractivity contribution in [2.75, 3.05) is 5.75 Å². The van der Waals surface area contributed by atoms with Gasteiger partial charge in [0.2, 0.25) is 15.0 Å². The van der Waals surface area contributed by atoms with E-state index in [4.69, 9.17) is 0 Å². The largest absolute Gasteiger partial charge is 0.252 e. The summed E-state index contributed by atoms with van der Waals surface area (Å²) in [7, 11) is -4.03. The van der Waals surface area contributed by atoms with E-state index in [0.29, 0.717) is 0 Å². The smallest absolute Gasteiger partial charge is 0.227 e. The SMILES string of the molecule is O=S(=O)(CC(F)F)c1ncccn1. The van der Waals surface area contributed by atoms with Crippen LogP contribution in [0.2, 0.25) is 0 Å². The lowest BCUT2D eigenvalue weighted by atomic mass is 10.7. The summed E-state index contributed by atoms with van der Waals surface area (Å²) in [4.78, 5) is 6.74. The standard InChI is InChI=1S/C6H6F2N2O2S/c7-5(8)4-13(11,12)6-9-2-1-3-10-6/h1-3,5H,4H2. The predicted molar refractivity (Wildman–Crippen MR) is 40.1 cm³/mol. The monoisotopic (exact) mass is 208 g/mol. The first kappa shape index (κ1) is 9.97. The van der Waals surface area contributed by atoms with Gasteiger partial charge >= 0.3 is 0 Å². The summed E-state index contributed by atoms with van der Waals surface area (Å²) in [5.74, 6) is -1.24. The van der Waals surface area contributed by atoms with Gasteiger partial charge in [-0.2, -0.15) is 0 Å². The first-order valence-electron chi connectivity index (χ1n) is 3.30. The molecule has 0 aliphatic rings. The molecule has 0 radical (unpaired) electrons. The number of rotatable bonds is 3. The van der Waals surface area contributed by atoms with Crippen molar-refractivity contribution >= 4 is 9.84 Å². The van der Waals surface area contributed by atoms with Crippen molar-refractivity contribution in [3.63, 3.8) is 0 Å². The molecule has 0 N–H and O–H groups in total. The van der Waals surface area contributed by atoms with E-state index in [1.807, 2.05) is 0 Å². The maximum atomic E-state index is 11.8. The minimum absolute atomic E-state index is 0.560. The second-order valence-corrected chi connectivity index (χ2v) is 4.13. The highest BCUT2D eigenvalue weighted by Gasteiger charge is 2.22. The Labute approximate surface area is 73.6 Å². The second kappa shape index (κ2) is 3.73. The Hall–Kier alpha value is -1.11. The Morgan fingerprint density at radius 1 is 1.31 bits per heavy atom. The molecule has 0 atom stereocenters. The summed E-state index contributed by atoms with van der Waals surface area (Å²) >= 11 is 0. The lowest BCUT2D eigenvalue weighted by Crippen LogP contribution is -2.16. The first-order chi connectivity index (χ1) is 6.02. The molecule has 1 heterocycles. The molecule has 1 rings (SSSR count). The van der Waals surface area contributed by atoms with E-state index in [-0.39, 0.29) is 0 Å². The van der Waals surface area contributed by atoms with Crippen LogP contribution in [0.15, 0.2) is 23.6 Å². The van der Waals surface area contributed by atoms with Crippen LogP contribution in [0.3, 0.4) is 0 Å². The summed E-state index contributed by atoms with van der Waals surface area (Å²) in [6.45, 7) is 0. The third kappa shape index (κ3) is 2.69. The van der Waals surface area contributed by atoms with E-state index >= 15 is 0 Å². The van der Waals surface area contributed by atoms with E-state index in [0.717, 1.165) is 0 Å². The minimum Gasteiger partial charge on any atom is -0.227 e. The Bertz CT molecular complexity index is 365. The lowest BCUT2D eigenvalue weighted by Gasteiger charge is -1.99. The Balaban J connectivity index is 2.96. The molecule has 0 bridgehead atoms. The van der Waals surface area contributed by atoms with Crippen molar-refractivity contribution in [3.8, 4) is 0 Å². The normalized spacial score (nSPS) is 11.9. The van der Waals surface area contributed by atoms with Gasteiger partial charge in [-0.05, 0) is 6.07 Å². The number of nitrogens with zero attached hydrogens (tertiary/aromatic N) is 2. The molecular weight excluding hydrogens is 202 g/mol. The van der Waals surface area contributed by atoms with Gasteiger partial charge in [-0.1, -0.05) is 0 Å². The molecule has 0 fully saturated rings. The van der Waals surface area contributed by atoms with Crippen LogP contribution < -0.4 is 0 Å². The van der Waals surface area contributed by atoms with Crippen molar-refractivity contribution in [2.24, 2.45) is 0 Å². The molecule has 0 saturated heterocycles. The highest BCUT2D eigenvalue weighted by Crippen LogP contribution is 2.07. The summed E-state index contributed by atoms with van der Waals surface area (Å²) in [6.07, 6.45) is -0.537. The average molecular weight is 208 g/mol. The number of alkyl halides is 2. The number of hydrogen-bond donors (Lipinski definition) is 0. The average Bonchev–Trinajstić information content (AvgIpc) is 2.04. The summed E-state index contributed by atoms with van der Waals surface area (Å²) < 4.78 is 45.6. The number of halogens is 2. The Morgan fingerprint density at radius 2 is 1.85 bits per heavy atom. The molecule has 0 spiro atoms. The molecule has 4 nitrogen and oxygen atoms in total. The van der Waals surface area contributed by atoms with Crippen LogP contribution in [0.5, 0.6) is 0 Å². The predicted octanol–water partition coefficient (Wildman–Crippen LogP) is 0.515. The molecule has 1 aromatic heterocycles. The van der Waals surface area contributed by atoms with Crippen molar-refractivity contribution < 1.29 is 17.2 Å². The van der Waals surface area contributed by atoms with Gasteiger partial charge in [-0.15, -0.1) is 0 Å². The molecule has 0 aliphatic carbocycles. The first-order valence-corrected chi connectivity index (χ1v) is 4.95. The van der Waals surface area contributed by atoms with E-state index in [1.54, 1.807) is 0 Å². The van der Waals surface area contributed by atoms with Gasteiger partial charge in [0.05, 0.1) is 0 Å². The van der Waals surface area contributed by atoms with E-state index in [2.05, 4.69) is 9.97 Å². The highest BCUT2D eigenvalue weighted by molar-refractivity contribution is 7.91. The van der Waals surface area contributed by atoms with Crippen LogP contribution in [-0.2, 0) is 9.84 Å². The number of sulfone groups is 1. The van der Waals surface area contributed by atoms with Crippen molar-refractivity contribution in [2.45, 2.75) is 11.6 Å². The molecule has 1 aromatic rings. The van der Waals surface area contributed by atoms with E-state index in [9.17, 15) is 17.2 Å². The fourth-order valence-electron chi connectivity index (χ4n) is 0.686. The Kier molecular flexibility index (Phi) is 2.86. The molecule has 13 heavy (non-hydrogen) atoms. The zero-order valence-electron chi connectivity index (χ0n) is 6.39. The summed E-state index contributed by atoms with van der Waals surface area (Å²) in [6, 6.07) is 1.40. The van der Waals surface area contributed by atoms with Crippen LogP contribution in [0.25, 0.3) is 0 Å². The van der Waals surface area contributed by atoms with E-state index in [1.165, 1.54) is 18.5 Å². The van der Waals surface area contributed by atoms with Gasteiger partial charge in [-0.25, -0.2) is 27.2 Å². The second-order valence-electron chi connectivity index (χ2n) is 2.20. The Morgan fingerprint density at radius 3 is 2.31 bits per heavy atom. The third-order valence-corrected chi connectivity index (χ3v) is 2.62. The maximum Gasteiger partial charge on any atom is 0.252 e. The fourth-order valence-corrected chi connectivity index (χ4v) is 1.61. The van der Waals surface area contributed by atoms with Crippen LogP contribution in [0.1, 0.15) is 0 Å². The van der Waals surface area contributed by atoms with Gasteiger partial charge in [-0.3, -0.25) is 0 Å². The van der Waals surface area contributed by atoms with E-state index < -0.39 is 27.2 Å². The van der Waals surface area contributed by atoms with Crippen LogP contribution >= 0.6 is 0 Å². The van der Waals surface area contributed by atoms with Crippen molar-refractivity contribution in [3.05, 3.63) is 18.5 Å². The number of hydrogen-bond acceptors (Lipinski definition) is 4. The quantitative estimate of drug-likeness (QED) is 0.679. The highest BCUT2D eigenvalue weighted by atomic mass is 32.2. The van der Waals surface area contributed by atoms with Gasteiger partial charge < -0.3 is 0 Å². The molecule has 0 unspecified atom stereocenters. The topological polar surface area (TPSA) is 59.9 Å².